The zero-order valence-corrected chi connectivity index (χ0v) is 10.00. The lowest BCUT2D eigenvalue weighted by Gasteiger charge is -2.09. The number of pyridine rings is 1. The van der Waals surface area contributed by atoms with E-state index in [9.17, 15) is 4.79 Å². The SMILES string of the molecule is COC(=O)c1nc(C(C)C)c(C#N)cc1Cl. The molecule has 0 amide bonds. The maximum absolute atomic E-state index is 11.4. The van der Waals surface area contributed by atoms with Gasteiger partial charge in [-0.25, -0.2) is 9.78 Å². The number of aromatic nitrogens is 1. The van der Waals surface area contributed by atoms with Crippen molar-refractivity contribution in [1.29, 1.82) is 5.26 Å². The number of methoxy groups -OCH3 is 1. The molecule has 1 aromatic heterocycles. The van der Waals surface area contributed by atoms with Gasteiger partial charge in [-0.3, -0.25) is 0 Å². The summed E-state index contributed by atoms with van der Waals surface area (Å²) in [6, 6.07) is 3.44. The molecule has 1 heterocycles. The lowest BCUT2D eigenvalue weighted by Crippen LogP contribution is -2.09. The Morgan fingerprint density at radius 1 is 1.62 bits per heavy atom. The first-order chi connectivity index (χ1) is 7.51. The summed E-state index contributed by atoms with van der Waals surface area (Å²) in [6.45, 7) is 3.77. The van der Waals surface area contributed by atoms with Gasteiger partial charge in [0.05, 0.1) is 23.4 Å². The zero-order valence-electron chi connectivity index (χ0n) is 9.24. The van der Waals surface area contributed by atoms with Gasteiger partial charge in [0.1, 0.15) is 6.07 Å². The van der Waals surface area contributed by atoms with Crippen molar-refractivity contribution < 1.29 is 9.53 Å². The third-order valence-electron chi connectivity index (χ3n) is 2.05. The van der Waals surface area contributed by atoms with Crippen LogP contribution in [0.3, 0.4) is 0 Å². The van der Waals surface area contributed by atoms with E-state index in [-0.39, 0.29) is 16.6 Å². The molecule has 0 bridgehead atoms. The molecule has 0 aliphatic heterocycles. The van der Waals surface area contributed by atoms with E-state index in [2.05, 4.69) is 9.72 Å². The van der Waals surface area contributed by atoms with Crippen molar-refractivity contribution in [2.24, 2.45) is 0 Å². The molecule has 0 aliphatic carbocycles. The maximum atomic E-state index is 11.4. The van der Waals surface area contributed by atoms with Crippen LogP contribution in [0.5, 0.6) is 0 Å². The fraction of sp³-hybridized carbons (Fsp3) is 0.364. The van der Waals surface area contributed by atoms with Gasteiger partial charge in [-0.2, -0.15) is 5.26 Å². The van der Waals surface area contributed by atoms with Gasteiger partial charge in [-0.15, -0.1) is 0 Å². The lowest BCUT2D eigenvalue weighted by molar-refractivity contribution is 0.0594. The van der Waals surface area contributed by atoms with Gasteiger partial charge in [0.25, 0.3) is 0 Å². The van der Waals surface area contributed by atoms with E-state index in [0.717, 1.165) is 0 Å². The van der Waals surface area contributed by atoms with E-state index < -0.39 is 5.97 Å². The average Bonchev–Trinajstić information content (AvgIpc) is 2.27. The summed E-state index contributed by atoms with van der Waals surface area (Å²) in [5.41, 5.74) is 0.979. The number of hydrogen-bond donors (Lipinski definition) is 0. The number of nitriles is 1. The van der Waals surface area contributed by atoms with Crippen LogP contribution < -0.4 is 0 Å². The lowest BCUT2D eigenvalue weighted by atomic mass is 10.0. The highest BCUT2D eigenvalue weighted by Gasteiger charge is 2.18. The number of carbonyl (C=O) groups excluding carboxylic acids is 1. The predicted molar refractivity (Wildman–Crippen MR) is 59.4 cm³/mol. The van der Waals surface area contributed by atoms with E-state index in [0.29, 0.717) is 11.3 Å². The van der Waals surface area contributed by atoms with Crippen LogP contribution >= 0.6 is 11.6 Å². The topological polar surface area (TPSA) is 63.0 Å². The number of rotatable bonds is 2. The van der Waals surface area contributed by atoms with Gasteiger partial charge < -0.3 is 4.74 Å². The minimum Gasteiger partial charge on any atom is -0.464 e. The summed E-state index contributed by atoms with van der Waals surface area (Å²) in [5, 5.41) is 9.05. The Balaban J connectivity index is 3.40. The van der Waals surface area contributed by atoms with Crippen molar-refractivity contribution in [3.8, 4) is 6.07 Å². The Labute approximate surface area is 98.8 Å². The highest BCUT2D eigenvalue weighted by Crippen LogP contribution is 2.23. The summed E-state index contributed by atoms with van der Waals surface area (Å²) in [6.07, 6.45) is 0. The fourth-order valence-electron chi connectivity index (χ4n) is 1.27. The van der Waals surface area contributed by atoms with E-state index in [1.807, 2.05) is 19.9 Å². The molecule has 84 valence electrons. The molecule has 0 atom stereocenters. The monoisotopic (exact) mass is 238 g/mol. The quantitative estimate of drug-likeness (QED) is 0.743. The molecular weight excluding hydrogens is 228 g/mol. The molecule has 0 saturated carbocycles. The Bertz CT molecular complexity index is 464. The standard InChI is InChI=1S/C11H11ClN2O2/c1-6(2)9-7(5-13)4-8(12)10(14-9)11(15)16-3/h4,6H,1-3H3. The number of carbonyl (C=O) groups is 1. The highest BCUT2D eigenvalue weighted by atomic mass is 35.5. The molecule has 0 aromatic carbocycles. The normalized spacial score (nSPS) is 10.0. The molecule has 0 fully saturated rings. The third kappa shape index (κ3) is 2.31. The maximum Gasteiger partial charge on any atom is 0.358 e. The molecule has 0 N–H and O–H groups in total. The van der Waals surface area contributed by atoms with Crippen LogP contribution in [0.2, 0.25) is 5.02 Å². The minimum atomic E-state index is -0.601. The van der Waals surface area contributed by atoms with Crippen molar-refractivity contribution in [3.05, 3.63) is 28.0 Å². The number of ether oxygens (including phenoxy) is 1. The molecule has 1 aromatic rings. The first-order valence-corrected chi connectivity index (χ1v) is 5.07. The second-order valence-electron chi connectivity index (χ2n) is 3.51. The smallest absolute Gasteiger partial charge is 0.358 e. The summed E-state index contributed by atoms with van der Waals surface area (Å²) < 4.78 is 4.56. The number of halogens is 1. The van der Waals surface area contributed by atoms with Crippen LogP contribution in [0.15, 0.2) is 6.07 Å². The van der Waals surface area contributed by atoms with Crippen molar-refractivity contribution in [3.63, 3.8) is 0 Å². The molecule has 0 radical (unpaired) electrons. The van der Waals surface area contributed by atoms with Gasteiger partial charge in [0, 0.05) is 0 Å². The molecule has 5 heteroatoms. The van der Waals surface area contributed by atoms with Crippen LogP contribution in [0.1, 0.15) is 41.5 Å². The van der Waals surface area contributed by atoms with Crippen LogP contribution in [-0.4, -0.2) is 18.1 Å². The largest absolute Gasteiger partial charge is 0.464 e. The molecule has 0 aliphatic rings. The Morgan fingerprint density at radius 3 is 2.69 bits per heavy atom. The van der Waals surface area contributed by atoms with E-state index in [1.54, 1.807) is 0 Å². The molecule has 16 heavy (non-hydrogen) atoms. The minimum absolute atomic E-state index is 0.0373. The van der Waals surface area contributed by atoms with Crippen LogP contribution in [0.4, 0.5) is 0 Å². The molecule has 4 nitrogen and oxygen atoms in total. The molecular formula is C11H11ClN2O2. The first-order valence-electron chi connectivity index (χ1n) is 4.70. The van der Waals surface area contributed by atoms with Gasteiger partial charge in [0.15, 0.2) is 5.69 Å². The molecule has 0 spiro atoms. The van der Waals surface area contributed by atoms with E-state index in [4.69, 9.17) is 16.9 Å². The van der Waals surface area contributed by atoms with Crippen LogP contribution in [0, 0.1) is 11.3 Å². The van der Waals surface area contributed by atoms with Crippen molar-refractivity contribution in [2.45, 2.75) is 19.8 Å². The van der Waals surface area contributed by atoms with Crippen molar-refractivity contribution in [1.82, 2.24) is 4.98 Å². The average molecular weight is 239 g/mol. The van der Waals surface area contributed by atoms with Gasteiger partial charge in [0.2, 0.25) is 0 Å². The van der Waals surface area contributed by atoms with E-state index in [1.165, 1.54) is 13.2 Å². The Hall–Kier alpha value is -1.60. The first kappa shape index (κ1) is 12.5. The van der Waals surface area contributed by atoms with Gasteiger partial charge in [-0.1, -0.05) is 25.4 Å². The van der Waals surface area contributed by atoms with Gasteiger partial charge >= 0.3 is 5.97 Å². The third-order valence-corrected chi connectivity index (χ3v) is 2.34. The Morgan fingerprint density at radius 2 is 2.25 bits per heavy atom. The summed E-state index contributed by atoms with van der Waals surface area (Å²) in [5.74, 6) is -0.563. The number of esters is 1. The fourth-order valence-corrected chi connectivity index (χ4v) is 1.50. The summed E-state index contributed by atoms with van der Waals surface area (Å²) in [4.78, 5) is 15.4. The zero-order chi connectivity index (χ0) is 12.3. The van der Waals surface area contributed by atoms with E-state index >= 15 is 0 Å². The molecule has 0 saturated heterocycles. The summed E-state index contributed by atoms with van der Waals surface area (Å²) in [7, 11) is 1.26. The summed E-state index contributed by atoms with van der Waals surface area (Å²) >= 11 is 5.84. The molecule has 0 unspecified atom stereocenters. The van der Waals surface area contributed by atoms with Crippen molar-refractivity contribution in [2.75, 3.05) is 7.11 Å². The predicted octanol–water partition coefficient (Wildman–Crippen LogP) is 2.52. The number of hydrogen-bond acceptors (Lipinski definition) is 4. The highest BCUT2D eigenvalue weighted by molar-refractivity contribution is 6.33. The van der Waals surface area contributed by atoms with Crippen LogP contribution in [0.25, 0.3) is 0 Å². The van der Waals surface area contributed by atoms with Crippen molar-refractivity contribution >= 4 is 17.6 Å². The van der Waals surface area contributed by atoms with Gasteiger partial charge in [-0.05, 0) is 12.0 Å². The number of nitrogens with zero attached hydrogens (tertiary/aromatic N) is 2. The van der Waals surface area contributed by atoms with Crippen LogP contribution in [-0.2, 0) is 4.74 Å². The molecule has 1 rings (SSSR count). The second-order valence-corrected chi connectivity index (χ2v) is 3.92. The second kappa shape index (κ2) is 4.95. The Kier molecular flexibility index (Phi) is 3.86.